The second-order valence-corrected chi connectivity index (χ2v) is 8.16. The number of thiophene rings is 1. The Kier molecular flexibility index (Phi) is 3.96. The lowest BCUT2D eigenvalue weighted by Gasteiger charge is -2.06. The molecular weight excluding hydrogens is 360 g/mol. The molecule has 2 aromatic rings. The molecule has 0 spiro atoms. The maximum absolute atomic E-state index is 12.1. The Hall–Kier alpha value is -0.630. The maximum Gasteiger partial charge on any atom is 0.264 e. The summed E-state index contributed by atoms with van der Waals surface area (Å²) in [5.41, 5.74) is 0. The number of sulfonamides is 1. The molecule has 0 unspecified atom stereocenters. The zero-order valence-corrected chi connectivity index (χ0v) is 13.1. The van der Waals surface area contributed by atoms with E-state index in [2.05, 4.69) is 25.6 Å². The van der Waals surface area contributed by atoms with Crippen LogP contribution in [0.15, 0.2) is 33.1 Å². The lowest BCUT2D eigenvalue weighted by atomic mass is 10.5. The van der Waals surface area contributed by atoms with Crippen LogP contribution >= 0.6 is 38.9 Å². The summed E-state index contributed by atoms with van der Waals surface area (Å²) in [4.78, 5) is 4.85. The first-order chi connectivity index (χ1) is 8.38. The predicted molar refractivity (Wildman–Crippen MR) is 76.8 cm³/mol. The summed E-state index contributed by atoms with van der Waals surface area (Å²) in [5, 5.41) is 0.451. The van der Waals surface area contributed by atoms with E-state index in [0.29, 0.717) is 9.90 Å². The highest BCUT2D eigenvalue weighted by Gasteiger charge is 2.19. The Labute approximate surface area is 122 Å². The van der Waals surface area contributed by atoms with Gasteiger partial charge in [-0.3, -0.25) is 4.72 Å². The molecule has 0 radical (unpaired) electrons. The third kappa shape index (κ3) is 3.03. The molecule has 2 rings (SSSR count). The fourth-order valence-electron chi connectivity index (χ4n) is 1.33. The smallest absolute Gasteiger partial charge is 0.263 e. The lowest BCUT2D eigenvalue weighted by Crippen LogP contribution is -2.13. The molecule has 0 fully saturated rings. The van der Waals surface area contributed by atoms with Gasteiger partial charge in [0.2, 0.25) is 0 Å². The van der Waals surface area contributed by atoms with Crippen LogP contribution < -0.4 is 4.72 Å². The van der Waals surface area contributed by atoms with Gasteiger partial charge in [-0.25, -0.2) is 13.4 Å². The quantitative estimate of drug-likeness (QED) is 0.900. The van der Waals surface area contributed by atoms with Gasteiger partial charge in [0, 0.05) is 11.1 Å². The van der Waals surface area contributed by atoms with Gasteiger partial charge in [0.1, 0.15) is 10.7 Å². The van der Waals surface area contributed by atoms with Gasteiger partial charge in [0.05, 0.1) is 8.81 Å². The Morgan fingerprint density at radius 2 is 2.17 bits per heavy atom. The third-order valence-corrected chi connectivity index (χ3v) is 5.49. The summed E-state index contributed by atoms with van der Waals surface area (Å²) in [5.74, 6) is 0.237. The molecule has 0 atom stereocenters. The fourth-order valence-corrected chi connectivity index (χ4v) is 4.86. The van der Waals surface area contributed by atoms with Crippen molar-refractivity contribution < 1.29 is 8.42 Å². The van der Waals surface area contributed by atoms with Crippen molar-refractivity contribution in [1.29, 1.82) is 0 Å². The van der Waals surface area contributed by atoms with Crippen LogP contribution in [0.5, 0.6) is 0 Å². The van der Waals surface area contributed by atoms with E-state index in [1.807, 2.05) is 0 Å². The van der Waals surface area contributed by atoms with Crippen molar-refractivity contribution in [2.75, 3.05) is 4.72 Å². The molecule has 0 bridgehead atoms. The van der Waals surface area contributed by atoms with Crippen molar-refractivity contribution >= 4 is 54.7 Å². The summed E-state index contributed by atoms with van der Waals surface area (Å²) in [7, 11) is -3.61. The average Bonchev–Trinajstić information content (AvgIpc) is 2.62. The summed E-state index contributed by atoms with van der Waals surface area (Å²) >= 11 is 10.3. The Balaban J connectivity index is 2.33. The number of aromatic nitrogens is 1. The second kappa shape index (κ2) is 5.16. The van der Waals surface area contributed by atoms with Crippen LogP contribution in [-0.4, -0.2) is 13.4 Å². The van der Waals surface area contributed by atoms with Crippen LogP contribution in [0.25, 0.3) is 0 Å². The number of hydrogen-bond donors (Lipinski definition) is 1. The van der Waals surface area contributed by atoms with Gasteiger partial charge >= 0.3 is 0 Å². The first-order valence-electron chi connectivity index (χ1n) is 4.79. The van der Waals surface area contributed by atoms with E-state index < -0.39 is 10.0 Å². The van der Waals surface area contributed by atoms with Crippen LogP contribution in [0.4, 0.5) is 5.82 Å². The molecule has 8 heteroatoms. The Morgan fingerprint density at radius 1 is 1.44 bits per heavy atom. The SMILES string of the molecule is Cc1sc(Br)cc1S(=O)(=O)Nc1ccc(Cl)cn1. The topological polar surface area (TPSA) is 59.1 Å². The van der Waals surface area contributed by atoms with Gasteiger partial charge in [0.15, 0.2) is 0 Å². The third-order valence-electron chi connectivity index (χ3n) is 2.10. The number of hydrogen-bond acceptors (Lipinski definition) is 4. The maximum atomic E-state index is 12.1. The van der Waals surface area contributed by atoms with Crippen LogP contribution in [-0.2, 0) is 10.0 Å². The van der Waals surface area contributed by atoms with Crippen molar-refractivity contribution in [3.8, 4) is 0 Å². The summed E-state index contributed by atoms with van der Waals surface area (Å²) in [6.45, 7) is 1.75. The van der Waals surface area contributed by atoms with Crippen LogP contribution in [0.2, 0.25) is 5.02 Å². The first-order valence-corrected chi connectivity index (χ1v) is 8.26. The molecule has 1 N–H and O–H groups in total. The summed E-state index contributed by atoms with van der Waals surface area (Å²) in [6, 6.07) is 4.65. The number of anilines is 1. The highest BCUT2D eigenvalue weighted by Crippen LogP contribution is 2.30. The number of nitrogens with zero attached hydrogens (tertiary/aromatic N) is 1. The molecule has 0 amide bonds. The van der Waals surface area contributed by atoms with Crippen molar-refractivity contribution in [3.05, 3.63) is 38.1 Å². The standard InChI is InChI=1S/C10H8BrClN2O2S2/c1-6-8(4-9(11)17-6)18(15,16)14-10-3-2-7(12)5-13-10/h2-5H,1H3,(H,13,14). The molecule has 0 aromatic carbocycles. The molecule has 0 aliphatic heterocycles. The molecule has 96 valence electrons. The van der Waals surface area contributed by atoms with Gasteiger partial charge < -0.3 is 0 Å². The molecule has 0 saturated carbocycles. The van der Waals surface area contributed by atoms with Gasteiger partial charge in [-0.2, -0.15) is 0 Å². The van der Waals surface area contributed by atoms with E-state index in [9.17, 15) is 8.42 Å². The zero-order valence-electron chi connectivity index (χ0n) is 9.15. The highest BCUT2D eigenvalue weighted by atomic mass is 79.9. The normalized spacial score (nSPS) is 11.5. The van der Waals surface area contributed by atoms with Gasteiger partial charge in [-0.15, -0.1) is 11.3 Å². The zero-order chi connectivity index (χ0) is 13.3. The molecular formula is C10H8BrClN2O2S2. The van der Waals surface area contributed by atoms with Crippen molar-refractivity contribution in [2.24, 2.45) is 0 Å². The molecule has 0 saturated heterocycles. The van der Waals surface area contributed by atoms with E-state index in [0.717, 1.165) is 3.79 Å². The van der Waals surface area contributed by atoms with Crippen molar-refractivity contribution in [1.82, 2.24) is 4.98 Å². The molecule has 0 aliphatic carbocycles. The number of aryl methyl sites for hydroxylation is 1. The number of halogens is 2. The van der Waals surface area contributed by atoms with Crippen molar-refractivity contribution in [2.45, 2.75) is 11.8 Å². The minimum atomic E-state index is -3.61. The second-order valence-electron chi connectivity index (χ2n) is 3.44. The summed E-state index contributed by atoms with van der Waals surface area (Å²) < 4.78 is 27.4. The first kappa shape index (κ1) is 13.8. The number of rotatable bonds is 3. The van der Waals surface area contributed by atoms with Crippen molar-refractivity contribution in [3.63, 3.8) is 0 Å². The van der Waals surface area contributed by atoms with Crippen LogP contribution in [0.1, 0.15) is 4.88 Å². The summed E-state index contributed by atoms with van der Waals surface area (Å²) in [6.07, 6.45) is 1.38. The highest BCUT2D eigenvalue weighted by molar-refractivity contribution is 9.11. The molecule has 18 heavy (non-hydrogen) atoms. The van der Waals surface area contributed by atoms with Gasteiger partial charge in [-0.1, -0.05) is 11.6 Å². The minimum absolute atomic E-state index is 0.237. The van der Waals surface area contributed by atoms with E-state index in [4.69, 9.17) is 11.6 Å². The predicted octanol–water partition coefficient (Wildman–Crippen LogP) is 3.67. The molecule has 4 nitrogen and oxygen atoms in total. The van der Waals surface area contributed by atoms with Crippen LogP contribution in [0.3, 0.4) is 0 Å². The lowest BCUT2D eigenvalue weighted by molar-refractivity contribution is 0.601. The van der Waals surface area contributed by atoms with Crippen LogP contribution in [0, 0.1) is 6.92 Å². The Morgan fingerprint density at radius 3 is 2.67 bits per heavy atom. The van der Waals surface area contributed by atoms with Gasteiger partial charge in [0.25, 0.3) is 10.0 Å². The molecule has 2 heterocycles. The minimum Gasteiger partial charge on any atom is -0.263 e. The van der Waals surface area contributed by atoms with E-state index >= 15 is 0 Å². The number of pyridine rings is 1. The van der Waals surface area contributed by atoms with E-state index in [1.54, 1.807) is 19.1 Å². The van der Waals surface area contributed by atoms with Gasteiger partial charge in [-0.05, 0) is 41.1 Å². The fraction of sp³-hybridized carbons (Fsp3) is 0.100. The van der Waals surface area contributed by atoms with E-state index in [-0.39, 0.29) is 10.7 Å². The van der Waals surface area contributed by atoms with E-state index in [1.165, 1.54) is 23.6 Å². The number of nitrogens with one attached hydrogen (secondary N) is 1. The molecule has 2 aromatic heterocycles. The largest absolute Gasteiger partial charge is 0.264 e. The average molecular weight is 368 g/mol. The Bertz CT molecular complexity index is 668. The molecule has 0 aliphatic rings. The monoisotopic (exact) mass is 366 g/mol.